The topological polar surface area (TPSA) is 36.5 Å². The number of hydrogen-bond donors (Lipinski definition) is 2. The molecule has 2 N–H and O–H groups in total. The van der Waals surface area contributed by atoms with Crippen LogP contribution in [0.2, 0.25) is 10.0 Å². The number of halogens is 3. The van der Waals surface area contributed by atoms with E-state index in [0.717, 1.165) is 56.1 Å². The Morgan fingerprint density at radius 3 is 2.67 bits per heavy atom. The summed E-state index contributed by atoms with van der Waals surface area (Å²) in [5.74, 6) is 0.388. The maximum atomic E-state index is 13.2. The summed E-state index contributed by atoms with van der Waals surface area (Å²) in [4.78, 5) is 2.44. The van der Waals surface area contributed by atoms with Crippen molar-refractivity contribution in [2.24, 2.45) is 0 Å². The van der Waals surface area contributed by atoms with Crippen LogP contribution in [-0.2, 0) is 13.2 Å². The van der Waals surface area contributed by atoms with Gasteiger partial charge in [0.2, 0.25) is 0 Å². The van der Waals surface area contributed by atoms with Crippen LogP contribution in [0.15, 0.2) is 36.4 Å². The van der Waals surface area contributed by atoms with Crippen LogP contribution >= 0.6 is 23.2 Å². The summed E-state index contributed by atoms with van der Waals surface area (Å²) in [7, 11) is 0. The minimum atomic E-state index is -0.357. The maximum Gasteiger partial charge on any atom is 0.124 e. The summed E-state index contributed by atoms with van der Waals surface area (Å²) in [6, 6.07) is 9.87. The predicted molar refractivity (Wildman–Crippen MR) is 108 cm³/mol. The van der Waals surface area contributed by atoms with Gasteiger partial charge in [-0.1, -0.05) is 29.3 Å². The minimum absolute atomic E-state index is 0.272. The molecule has 1 heterocycles. The number of rotatable bonds is 8. The molecular formula is C20H24Cl2FN3O. The number of nitrogens with zero attached hydrogens (tertiary/aromatic N) is 1. The molecule has 0 unspecified atom stereocenters. The second-order valence-electron chi connectivity index (χ2n) is 6.54. The van der Waals surface area contributed by atoms with E-state index in [4.69, 9.17) is 27.9 Å². The molecule has 0 radical (unpaired) electrons. The summed E-state index contributed by atoms with van der Waals surface area (Å²) in [6.07, 6.45) is 0. The largest absolute Gasteiger partial charge is 0.489 e. The number of benzene rings is 2. The highest BCUT2D eigenvalue weighted by Crippen LogP contribution is 2.25. The molecule has 0 aromatic heterocycles. The third kappa shape index (κ3) is 6.33. The van der Waals surface area contributed by atoms with Crippen LogP contribution in [0.25, 0.3) is 0 Å². The quantitative estimate of drug-likeness (QED) is 0.649. The fraction of sp³-hybridized carbons (Fsp3) is 0.400. The highest BCUT2D eigenvalue weighted by Gasteiger charge is 2.10. The van der Waals surface area contributed by atoms with E-state index in [1.54, 1.807) is 12.1 Å². The number of piperazine rings is 1. The molecule has 0 saturated carbocycles. The molecule has 4 nitrogen and oxygen atoms in total. The Hall–Kier alpha value is -1.37. The van der Waals surface area contributed by atoms with Gasteiger partial charge in [0.1, 0.15) is 18.2 Å². The van der Waals surface area contributed by atoms with Crippen LogP contribution in [0.1, 0.15) is 11.1 Å². The van der Waals surface area contributed by atoms with E-state index >= 15 is 0 Å². The van der Waals surface area contributed by atoms with Crippen LogP contribution in [0.5, 0.6) is 5.75 Å². The van der Waals surface area contributed by atoms with E-state index in [-0.39, 0.29) is 12.4 Å². The third-order valence-corrected chi connectivity index (χ3v) is 5.14. The number of hydrogen-bond acceptors (Lipinski definition) is 4. The summed E-state index contributed by atoms with van der Waals surface area (Å²) in [6.45, 7) is 7.14. The molecule has 0 atom stereocenters. The van der Waals surface area contributed by atoms with Crippen LogP contribution in [-0.4, -0.2) is 44.2 Å². The summed E-state index contributed by atoms with van der Waals surface area (Å²) >= 11 is 12.2. The lowest BCUT2D eigenvalue weighted by atomic mass is 10.2. The lowest BCUT2D eigenvalue weighted by Gasteiger charge is -2.27. The monoisotopic (exact) mass is 411 g/mol. The average molecular weight is 412 g/mol. The Labute approximate surface area is 169 Å². The van der Waals surface area contributed by atoms with Crippen molar-refractivity contribution in [3.63, 3.8) is 0 Å². The molecule has 7 heteroatoms. The van der Waals surface area contributed by atoms with Gasteiger partial charge in [-0.3, -0.25) is 4.90 Å². The Kier molecular flexibility index (Phi) is 7.73. The number of ether oxygens (including phenoxy) is 1. The molecule has 3 rings (SSSR count). The van der Waals surface area contributed by atoms with Crippen molar-refractivity contribution in [2.75, 3.05) is 39.3 Å². The second-order valence-corrected chi connectivity index (χ2v) is 7.39. The standard InChI is InChI=1S/C20H24Cl2FN3O/c21-17-2-4-20(27-14-15-1-3-18(23)12-19(15)22)16(11-17)13-25-7-10-26-8-5-24-6-9-26/h1-4,11-12,24-25H,5-10,13-14H2. The van der Waals surface area contributed by atoms with Gasteiger partial charge in [0, 0.05) is 62.0 Å². The van der Waals surface area contributed by atoms with E-state index in [0.29, 0.717) is 16.6 Å². The Morgan fingerprint density at radius 1 is 1.07 bits per heavy atom. The molecule has 1 saturated heterocycles. The molecule has 0 spiro atoms. The molecule has 0 amide bonds. The van der Waals surface area contributed by atoms with Gasteiger partial charge < -0.3 is 15.4 Å². The predicted octanol–water partition coefficient (Wildman–Crippen LogP) is 3.71. The van der Waals surface area contributed by atoms with E-state index < -0.39 is 0 Å². The first-order valence-electron chi connectivity index (χ1n) is 9.11. The van der Waals surface area contributed by atoms with Crippen molar-refractivity contribution in [3.8, 4) is 5.75 Å². The molecule has 27 heavy (non-hydrogen) atoms. The van der Waals surface area contributed by atoms with Gasteiger partial charge in [0.25, 0.3) is 0 Å². The molecule has 2 aromatic carbocycles. The van der Waals surface area contributed by atoms with Crippen LogP contribution in [0, 0.1) is 5.82 Å². The van der Waals surface area contributed by atoms with Crippen LogP contribution in [0.4, 0.5) is 4.39 Å². The van der Waals surface area contributed by atoms with Gasteiger partial charge in [-0.2, -0.15) is 0 Å². The first kappa shape index (κ1) is 20.4. The molecule has 146 valence electrons. The fourth-order valence-corrected chi connectivity index (χ4v) is 3.43. The Morgan fingerprint density at radius 2 is 1.89 bits per heavy atom. The Bertz CT molecular complexity index is 754. The molecule has 1 aliphatic heterocycles. The summed E-state index contributed by atoms with van der Waals surface area (Å²) < 4.78 is 19.1. The van der Waals surface area contributed by atoms with Crippen molar-refractivity contribution in [1.82, 2.24) is 15.5 Å². The van der Waals surface area contributed by atoms with Gasteiger partial charge >= 0.3 is 0 Å². The van der Waals surface area contributed by atoms with Crippen LogP contribution in [0.3, 0.4) is 0 Å². The van der Waals surface area contributed by atoms with Gasteiger partial charge in [-0.15, -0.1) is 0 Å². The fourth-order valence-electron chi connectivity index (χ4n) is 3.02. The second kappa shape index (κ2) is 10.2. The van der Waals surface area contributed by atoms with Gasteiger partial charge in [0.05, 0.1) is 5.02 Å². The van der Waals surface area contributed by atoms with Crippen molar-refractivity contribution in [1.29, 1.82) is 0 Å². The zero-order valence-corrected chi connectivity index (χ0v) is 16.6. The molecule has 1 aliphatic rings. The van der Waals surface area contributed by atoms with E-state index in [9.17, 15) is 4.39 Å². The maximum absolute atomic E-state index is 13.2. The van der Waals surface area contributed by atoms with Crippen LogP contribution < -0.4 is 15.4 Å². The summed E-state index contributed by atoms with van der Waals surface area (Å²) in [5.41, 5.74) is 1.73. The van der Waals surface area contributed by atoms with Gasteiger partial charge in [-0.25, -0.2) is 4.39 Å². The van der Waals surface area contributed by atoms with Gasteiger partial charge in [0.15, 0.2) is 0 Å². The lowest BCUT2D eigenvalue weighted by molar-refractivity contribution is 0.240. The molecule has 0 aliphatic carbocycles. The highest BCUT2D eigenvalue weighted by molar-refractivity contribution is 6.31. The first-order chi connectivity index (χ1) is 13.1. The zero-order chi connectivity index (χ0) is 19.1. The van der Waals surface area contributed by atoms with E-state index in [1.165, 1.54) is 12.1 Å². The Balaban J connectivity index is 1.54. The SMILES string of the molecule is Fc1ccc(COc2ccc(Cl)cc2CNCCN2CCNCC2)c(Cl)c1. The molecule has 2 aromatic rings. The first-order valence-corrected chi connectivity index (χ1v) is 9.86. The van der Waals surface area contributed by atoms with Crippen molar-refractivity contribution >= 4 is 23.2 Å². The minimum Gasteiger partial charge on any atom is -0.489 e. The summed E-state index contributed by atoms with van der Waals surface area (Å²) in [5, 5.41) is 7.84. The van der Waals surface area contributed by atoms with E-state index in [1.807, 2.05) is 12.1 Å². The van der Waals surface area contributed by atoms with E-state index in [2.05, 4.69) is 15.5 Å². The number of nitrogens with one attached hydrogen (secondary N) is 2. The average Bonchev–Trinajstić information content (AvgIpc) is 2.66. The van der Waals surface area contributed by atoms with Crippen molar-refractivity contribution in [3.05, 3.63) is 63.4 Å². The van der Waals surface area contributed by atoms with Gasteiger partial charge in [-0.05, 0) is 30.3 Å². The normalized spacial score (nSPS) is 15.1. The highest BCUT2D eigenvalue weighted by atomic mass is 35.5. The van der Waals surface area contributed by atoms with Crippen molar-refractivity contribution in [2.45, 2.75) is 13.2 Å². The zero-order valence-electron chi connectivity index (χ0n) is 15.1. The van der Waals surface area contributed by atoms with Crippen molar-refractivity contribution < 1.29 is 9.13 Å². The lowest BCUT2D eigenvalue weighted by Crippen LogP contribution is -2.45. The molecule has 1 fully saturated rings. The third-order valence-electron chi connectivity index (χ3n) is 4.55. The molecule has 0 bridgehead atoms. The smallest absolute Gasteiger partial charge is 0.124 e. The molecular weight excluding hydrogens is 388 g/mol.